The van der Waals surface area contributed by atoms with Crippen LogP contribution in [0.3, 0.4) is 0 Å². The Morgan fingerprint density at radius 1 is 1.03 bits per heavy atom. The molecule has 0 bridgehead atoms. The van der Waals surface area contributed by atoms with E-state index in [2.05, 4.69) is 9.71 Å². The second-order valence-corrected chi connectivity index (χ2v) is 8.24. The number of benzene rings is 2. The summed E-state index contributed by atoms with van der Waals surface area (Å²) in [5.74, 6) is -1.06. The number of anilines is 1. The summed E-state index contributed by atoms with van der Waals surface area (Å²) < 4.78 is 80.1. The molecule has 0 aliphatic rings. The van der Waals surface area contributed by atoms with Gasteiger partial charge in [-0.3, -0.25) is 4.72 Å². The van der Waals surface area contributed by atoms with Crippen molar-refractivity contribution in [3.63, 3.8) is 0 Å². The molecule has 2 aromatic carbocycles. The van der Waals surface area contributed by atoms with Crippen molar-refractivity contribution < 1.29 is 26.0 Å². The minimum atomic E-state index is -4.66. The van der Waals surface area contributed by atoms with Crippen LogP contribution >= 0.6 is 0 Å². The van der Waals surface area contributed by atoms with Crippen LogP contribution in [-0.4, -0.2) is 24.1 Å². The Morgan fingerprint density at radius 2 is 1.79 bits per heavy atom. The summed E-state index contributed by atoms with van der Waals surface area (Å²) in [7, 11) is -3.52. The Morgan fingerprint density at radius 3 is 2.45 bits per heavy atom. The molecule has 2 heterocycles. The first-order valence-corrected chi connectivity index (χ1v) is 10.2. The van der Waals surface area contributed by atoms with E-state index in [9.17, 15) is 26.0 Å². The molecule has 1 N–H and O–H groups in total. The fourth-order valence-corrected chi connectivity index (χ4v) is 3.69. The van der Waals surface area contributed by atoms with E-state index in [-0.39, 0.29) is 16.9 Å². The SMILES string of the molecule is CS(=O)(=O)Nc1ccc2c(c1)nc(-c1ccc(C(F)(F)F)cc1F)c1cccn12. The highest BCUT2D eigenvalue weighted by Gasteiger charge is 2.31. The van der Waals surface area contributed by atoms with Gasteiger partial charge in [-0.15, -0.1) is 0 Å². The van der Waals surface area contributed by atoms with Gasteiger partial charge in [0.2, 0.25) is 10.0 Å². The van der Waals surface area contributed by atoms with E-state index in [0.717, 1.165) is 18.4 Å². The standard InChI is InChI=1S/C19H13F4N3O2S/c1-29(27,28)25-12-5-7-16-15(10-12)24-18(17-3-2-8-26(16)17)13-6-4-11(9-14(13)20)19(21,22)23/h2-10,25H,1H3. The molecule has 0 atom stereocenters. The van der Waals surface area contributed by atoms with Crippen LogP contribution < -0.4 is 4.72 Å². The maximum absolute atomic E-state index is 14.6. The summed E-state index contributed by atoms with van der Waals surface area (Å²) in [6.07, 6.45) is -1.95. The molecule has 0 fully saturated rings. The number of nitrogens with one attached hydrogen (secondary N) is 1. The summed E-state index contributed by atoms with van der Waals surface area (Å²) in [4.78, 5) is 4.41. The van der Waals surface area contributed by atoms with Gasteiger partial charge in [-0.2, -0.15) is 13.2 Å². The first kappa shape index (κ1) is 19.2. The van der Waals surface area contributed by atoms with E-state index in [1.807, 2.05) is 0 Å². The summed E-state index contributed by atoms with van der Waals surface area (Å²) in [5, 5.41) is 0. The Bertz CT molecular complexity index is 1360. The van der Waals surface area contributed by atoms with Gasteiger partial charge in [0.15, 0.2) is 0 Å². The van der Waals surface area contributed by atoms with E-state index in [4.69, 9.17) is 0 Å². The minimum Gasteiger partial charge on any atom is -0.313 e. The number of fused-ring (bicyclic) bond motifs is 3. The molecule has 0 aliphatic carbocycles. The molecule has 29 heavy (non-hydrogen) atoms. The topological polar surface area (TPSA) is 63.5 Å². The zero-order chi connectivity index (χ0) is 21.0. The molecule has 0 aliphatic heterocycles. The van der Waals surface area contributed by atoms with Crippen LogP contribution in [0.2, 0.25) is 0 Å². The van der Waals surface area contributed by atoms with Crippen LogP contribution in [0.4, 0.5) is 23.2 Å². The van der Waals surface area contributed by atoms with E-state index < -0.39 is 27.6 Å². The fraction of sp³-hybridized carbons (Fsp3) is 0.105. The largest absolute Gasteiger partial charge is 0.416 e. The molecule has 2 aromatic heterocycles. The van der Waals surface area contributed by atoms with Crippen molar-refractivity contribution in [2.45, 2.75) is 6.18 Å². The van der Waals surface area contributed by atoms with Gasteiger partial charge in [-0.25, -0.2) is 17.8 Å². The zero-order valence-corrected chi connectivity index (χ0v) is 15.6. The van der Waals surface area contributed by atoms with E-state index in [0.29, 0.717) is 22.6 Å². The molecule has 0 spiro atoms. The molecular formula is C19H13F4N3O2S. The number of rotatable bonds is 3. The Labute approximate surface area is 162 Å². The molecule has 0 saturated carbocycles. The van der Waals surface area contributed by atoms with Gasteiger partial charge in [0.05, 0.1) is 39.8 Å². The van der Waals surface area contributed by atoms with Crippen LogP contribution in [0.1, 0.15) is 5.56 Å². The quantitative estimate of drug-likeness (QED) is 0.487. The van der Waals surface area contributed by atoms with Crippen LogP contribution in [0.15, 0.2) is 54.7 Å². The second-order valence-electron chi connectivity index (χ2n) is 6.49. The van der Waals surface area contributed by atoms with Gasteiger partial charge < -0.3 is 4.40 Å². The Kier molecular flexibility index (Phi) is 4.26. The van der Waals surface area contributed by atoms with Crippen molar-refractivity contribution in [2.24, 2.45) is 0 Å². The molecule has 4 aromatic rings. The predicted octanol–water partition coefficient (Wildman–Crippen LogP) is 4.68. The van der Waals surface area contributed by atoms with Gasteiger partial charge in [0, 0.05) is 11.8 Å². The van der Waals surface area contributed by atoms with Gasteiger partial charge in [-0.05, 0) is 48.5 Å². The molecule has 5 nitrogen and oxygen atoms in total. The lowest BCUT2D eigenvalue weighted by Crippen LogP contribution is -2.09. The van der Waals surface area contributed by atoms with Crippen molar-refractivity contribution in [2.75, 3.05) is 11.0 Å². The molecular weight excluding hydrogens is 410 g/mol. The van der Waals surface area contributed by atoms with E-state index in [1.54, 1.807) is 34.9 Å². The highest BCUT2D eigenvalue weighted by molar-refractivity contribution is 7.92. The van der Waals surface area contributed by atoms with Gasteiger partial charge >= 0.3 is 6.18 Å². The van der Waals surface area contributed by atoms with Gasteiger partial charge in [0.1, 0.15) is 5.82 Å². The number of halogens is 4. The lowest BCUT2D eigenvalue weighted by Gasteiger charge is -2.12. The Hall–Kier alpha value is -3.14. The lowest BCUT2D eigenvalue weighted by atomic mass is 10.1. The third-order valence-electron chi connectivity index (χ3n) is 4.31. The highest BCUT2D eigenvalue weighted by atomic mass is 32.2. The van der Waals surface area contributed by atoms with Crippen LogP contribution in [-0.2, 0) is 16.2 Å². The van der Waals surface area contributed by atoms with Crippen LogP contribution in [0.25, 0.3) is 27.8 Å². The molecule has 150 valence electrons. The molecule has 0 unspecified atom stereocenters. The van der Waals surface area contributed by atoms with Crippen molar-refractivity contribution in [1.29, 1.82) is 0 Å². The number of hydrogen-bond donors (Lipinski definition) is 1. The Balaban J connectivity index is 1.95. The summed E-state index contributed by atoms with van der Waals surface area (Å²) in [5.41, 5.74) is 0.690. The predicted molar refractivity (Wildman–Crippen MR) is 102 cm³/mol. The molecule has 0 radical (unpaired) electrons. The maximum atomic E-state index is 14.6. The molecule has 10 heteroatoms. The summed E-state index contributed by atoms with van der Waals surface area (Å²) in [6.45, 7) is 0. The monoisotopic (exact) mass is 423 g/mol. The third-order valence-corrected chi connectivity index (χ3v) is 4.92. The molecule has 0 amide bonds. The smallest absolute Gasteiger partial charge is 0.313 e. The summed E-state index contributed by atoms with van der Waals surface area (Å²) in [6, 6.07) is 10.3. The lowest BCUT2D eigenvalue weighted by molar-refractivity contribution is -0.137. The molecule has 0 saturated heterocycles. The molecule has 4 rings (SSSR count). The third kappa shape index (κ3) is 3.63. The number of nitrogens with zero attached hydrogens (tertiary/aromatic N) is 2. The first-order chi connectivity index (χ1) is 13.5. The van der Waals surface area contributed by atoms with Crippen LogP contribution in [0.5, 0.6) is 0 Å². The number of alkyl halides is 3. The average molecular weight is 423 g/mol. The van der Waals surface area contributed by atoms with E-state index in [1.165, 1.54) is 6.07 Å². The van der Waals surface area contributed by atoms with Gasteiger partial charge in [0.25, 0.3) is 0 Å². The number of hydrogen-bond acceptors (Lipinski definition) is 3. The normalized spacial score (nSPS) is 12.6. The van der Waals surface area contributed by atoms with Crippen molar-refractivity contribution in [3.05, 3.63) is 66.1 Å². The number of sulfonamides is 1. The summed E-state index contributed by atoms with van der Waals surface area (Å²) >= 11 is 0. The van der Waals surface area contributed by atoms with E-state index >= 15 is 0 Å². The maximum Gasteiger partial charge on any atom is 0.416 e. The zero-order valence-electron chi connectivity index (χ0n) is 14.8. The highest BCUT2D eigenvalue weighted by Crippen LogP contribution is 2.34. The van der Waals surface area contributed by atoms with Gasteiger partial charge in [-0.1, -0.05) is 0 Å². The fourth-order valence-electron chi connectivity index (χ4n) is 3.14. The van der Waals surface area contributed by atoms with Crippen molar-refractivity contribution >= 4 is 32.3 Å². The average Bonchev–Trinajstić information content (AvgIpc) is 3.08. The van der Waals surface area contributed by atoms with Crippen LogP contribution in [0, 0.1) is 5.82 Å². The second kappa shape index (κ2) is 6.45. The minimum absolute atomic E-state index is 0.0925. The van der Waals surface area contributed by atoms with Crippen molar-refractivity contribution in [1.82, 2.24) is 9.38 Å². The number of aromatic nitrogens is 2. The van der Waals surface area contributed by atoms with Crippen molar-refractivity contribution in [3.8, 4) is 11.3 Å². The first-order valence-electron chi connectivity index (χ1n) is 8.29.